The van der Waals surface area contributed by atoms with E-state index in [0.717, 1.165) is 23.0 Å². The molecule has 10 nitrogen and oxygen atoms in total. The molecule has 0 aliphatic carbocycles. The Bertz CT molecular complexity index is 1980. The highest BCUT2D eigenvalue weighted by atomic mass is 35.5. The Labute approximate surface area is 257 Å². The SMILES string of the molecule is C=CC(=O)N1CCN(c2nc(=O)n(-c3c(C(C)C)ccnc3S(C)(=O)=O)c3nc(-c4c(F)cccc4Cl)c(F)cc23)[C@@H](C)C1. The number of nitrogens with zero attached hydrogens (tertiary/aromatic N) is 6. The third-order valence-electron chi connectivity index (χ3n) is 7.51. The van der Waals surface area contributed by atoms with E-state index in [1.54, 1.807) is 15.9 Å². The Morgan fingerprint density at radius 3 is 2.50 bits per heavy atom. The van der Waals surface area contributed by atoms with Crippen molar-refractivity contribution in [3.05, 3.63) is 81.9 Å². The Morgan fingerprint density at radius 1 is 1.16 bits per heavy atom. The lowest BCUT2D eigenvalue weighted by Crippen LogP contribution is -2.54. The lowest BCUT2D eigenvalue weighted by molar-refractivity contribution is -0.126. The number of aromatic nitrogens is 4. The molecule has 14 heteroatoms. The van der Waals surface area contributed by atoms with Gasteiger partial charge < -0.3 is 9.80 Å². The summed E-state index contributed by atoms with van der Waals surface area (Å²) >= 11 is 6.29. The van der Waals surface area contributed by atoms with Crippen molar-refractivity contribution in [1.82, 2.24) is 24.4 Å². The second kappa shape index (κ2) is 11.7. The molecule has 4 heterocycles. The predicted octanol–water partition coefficient (Wildman–Crippen LogP) is 4.52. The van der Waals surface area contributed by atoms with Crippen LogP contribution in [-0.2, 0) is 14.6 Å². The van der Waals surface area contributed by atoms with Gasteiger partial charge in [0.05, 0.1) is 21.7 Å². The van der Waals surface area contributed by atoms with Gasteiger partial charge in [-0.05, 0) is 48.7 Å². The van der Waals surface area contributed by atoms with Crippen LogP contribution in [0.3, 0.4) is 0 Å². The minimum Gasteiger partial charge on any atom is -0.350 e. The number of anilines is 1. The Kier molecular flexibility index (Phi) is 8.29. The van der Waals surface area contributed by atoms with Gasteiger partial charge in [0.1, 0.15) is 17.3 Å². The number of pyridine rings is 2. The molecule has 0 radical (unpaired) electrons. The van der Waals surface area contributed by atoms with Crippen molar-refractivity contribution in [2.75, 3.05) is 30.8 Å². The average Bonchev–Trinajstić information content (AvgIpc) is 2.96. The molecule has 1 aliphatic heterocycles. The highest BCUT2D eigenvalue weighted by Crippen LogP contribution is 2.37. The minimum absolute atomic E-state index is 0.0617. The third-order valence-corrected chi connectivity index (χ3v) is 8.82. The first-order chi connectivity index (χ1) is 20.7. The molecule has 0 spiro atoms. The number of amides is 1. The molecule has 3 aromatic heterocycles. The van der Waals surface area contributed by atoms with E-state index >= 15 is 8.78 Å². The smallest absolute Gasteiger partial charge is 0.350 e. The Hall–Kier alpha value is -4.23. The second-order valence-corrected chi connectivity index (χ2v) is 13.2. The molecule has 1 saturated heterocycles. The summed E-state index contributed by atoms with van der Waals surface area (Å²) in [5, 5.41) is -0.452. The van der Waals surface area contributed by atoms with Crippen LogP contribution >= 0.6 is 11.6 Å². The minimum atomic E-state index is -4.00. The Morgan fingerprint density at radius 2 is 1.89 bits per heavy atom. The zero-order valence-electron chi connectivity index (χ0n) is 24.4. The second-order valence-electron chi connectivity index (χ2n) is 10.9. The quantitative estimate of drug-likeness (QED) is 0.282. The third kappa shape index (κ3) is 5.45. The summed E-state index contributed by atoms with van der Waals surface area (Å²) in [4.78, 5) is 42.5. The van der Waals surface area contributed by atoms with Crippen LogP contribution in [0.4, 0.5) is 14.6 Å². The van der Waals surface area contributed by atoms with Crippen molar-refractivity contribution >= 4 is 44.2 Å². The highest BCUT2D eigenvalue weighted by Gasteiger charge is 2.32. The fraction of sp³-hybridized carbons (Fsp3) is 0.300. The van der Waals surface area contributed by atoms with Gasteiger partial charge in [0.2, 0.25) is 5.91 Å². The van der Waals surface area contributed by atoms with Gasteiger partial charge in [0.25, 0.3) is 0 Å². The molecule has 1 aliphatic rings. The number of carbonyl (C=O) groups excluding carboxylic acids is 1. The van der Waals surface area contributed by atoms with Gasteiger partial charge in [-0.25, -0.2) is 36.5 Å². The van der Waals surface area contributed by atoms with E-state index in [4.69, 9.17) is 11.6 Å². The number of fused-ring (bicyclic) bond motifs is 1. The molecule has 0 N–H and O–H groups in total. The molecule has 230 valence electrons. The van der Waals surface area contributed by atoms with E-state index in [0.29, 0.717) is 5.56 Å². The summed E-state index contributed by atoms with van der Waals surface area (Å²) < 4.78 is 57.9. The molecule has 1 aromatic carbocycles. The molecule has 1 atom stereocenters. The first-order valence-corrected chi connectivity index (χ1v) is 16.0. The summed E-state index contributed by atoms with van der Waals surface area (Å²) in [6, 6.07) is 6.14. The molecule has 0 saturated carbocycles. The highest BCUT2D eigenvalue weighted by molar-refractivity contribution is 7.90. The zero-order valence-corrected chi connectivity index (χ0v) is 26.0. The maximum Gasteiger partial charge on any atom is 0.355 e. The van der Waals surface area contributed by atoms with E-state index < -0.39 is 37.9 Å². The maximum absolute atomic E-state index is 15.9. The number of hydrogen-bond acceptors (Lipinski definition) is 8. The van der Waals surface area contributed by atoms with Crippen molar-refractivity contribution in [3.63, 3.8) is 0 Å². The van der Waals surface area contributed by atoms with Crippen molar-refractivity contribution in [2.24, 2.45) is 0 Å². The summed E-state index contributed by atoms with van der Waals surface area (Å²) in [6.07, 6.45) is 3.50. The molecular formula is C30H29ClF2N6O4S. The summed E-state index contributed by atoms with van der Waals surface area (Å²) in [5.74, 6) is -2.25. The number of halogens is 3. The molecule has 0 unspecified atom stereocenters. The van der Waals surface area contributed by atoms with Crippen LogP contribution in [0, 0.1) is 11.6 Å². The van der Waals surface area contributed by atoms with E-state index in [2.05, 4.69) is 21.5 Å². The van der Waals surface area contributed by atoms with Gasteiger partial charge in [-0.3, -0.25) is 4.79 Å². The average molecular weight is 643 g/mol. The van der Waals surface area contributed by atoms with E-state index in [-0.39, 0.29) is 70.6 Å². The first kappa shape index (κ1) is 31.2. The number of carbonyl (C=O) groups is 1. The predicted molar refractivity (Wildman–Crippen MR) is 164 cm³/mol. The van der Waals surface area contributed by atoms with Crippen LogP contribution in [-0.4, -0.2) is 70.7 Å². The van der Waals surface area contributed by atoms with Crippen molar-refractivity contribution in [2.45, 2.75) is 37.8 Å². The van der Waals surface area contributed by atoms with Gasteiger partial charge in [-0.1, -0.05) is 38.1 Å². The standard InChI is InChI=1S/C30H29ClF2N6O4S/c1-6-23(40)37-12-13-38(17(4)15-37)27-19-14-22(33)25(24-20(31)8-7-9-21(24)32)35-28(19)39(30(41)36-27)26-18(16(2)3)10-11-34-29(26)44(5,42)43/h6-11,14,16-17H,1,12-13,15H2,2-5H3/t17-/m0/s1. The van der Waals surface area contributed by atoms with Gasteiger partial charge in [-0.2, -0.15) is 4.98 Å². The van der Waals surface area contributed by atoms with Crippen LogP contribution in [0.1, 0.15) is 32.3 Å². The molecule has 1 amide bonds. The fourth-order valence-electron chi connectivity index (χ4n) is 5.44. The fourth-order valence-corrected chi connectivity index (χ4v) is 6.50. The van der Waals surface area contributed by atoms with Gasteiger partial charge >= 0.3 is 5.69 Å². The van der Waals surface area contributed by atoms with Gasteiger partial charge in [0.15, 0.2) is 26.3 Å². The van der Waals surface area contributed by atoms with Crippen molar-refractivity contribution in [3.8, 4) is 16.9 Å². The van der Waals surface area contributed by atoms with Crippen LogP contribution in [0.15, 0.2) is 59.0 Å². The van der Waals surface area contributed by atoms with E-state index in [1.807, 2.05) is 20.8 Å². The Balaban J connectivity index is 1.90. The zero-order chi connectivity index (χ0) is 32.1. The number of piperazine rings is 1. The molecule has 0 bridgehead atoms. The topological polar surface area (TPSA) is 118 Å². The number of hydrogen-bond donors (Lipinski definition) is 0. The first-order valence-electron chi connectivity index (χ1n) is 13.7. The molecule has 1 fully saturated rings. The lowest BCUT2D eigenvalue weighted by atomic mass is 10.0. The lowest BCUT2D eigenvalue weighted by Gasteiger charge is -2.40. The molecule has 5 rings (SSSR count). The van der Waals surface area contributed by atoms with Crippen LogP contribution in [0.2, 0.25) is 5.02 Å². The summed E-state index contributed by atoms with van der Waals surface area (Å²) in [7, 11) is -4.00. The number of benzene rings is 1. The van der Waals surface area contributed by atoms with E-state index in [9.17, 15) is 18.0 Å². The summed E-state index contributed by atoms with van der Waals surface area (Å²) in [5.41, 5.74) is -1.52. The van der Waals surface area contributed by atoms with Gasteiger partial charge in [-0.15, -0.1) is 0 Å². The van der Waals surface area contributed by atoms with E-state index in [1.165, 1.54) is 24.4 Å². The van der Waals surface area contributed by atoms with Gasteiger partial charge in [0, 0.05) is 38.1 Å². The van der Waals surface area contributed by atoms with Crippen LogP contribution < -0.4 is 10.6 Å². The molecule has 4 aromatic rings. The molecular weight excluding hydrogens is 614 g/mol. The summed E-state index contributed by atoms with van der Waals surface area (Å²) in [6.45, 7) is 9.76. The monoisotopic (exact) mass is 642 g/mol. The number of rotatable bonds is 6. The number of sulfone groups is 1. The van der Waals surface area contributed by atoms with Crippen molar-refractivity contribution in [1.29, 1.82) is 0 Å². The van der Waals surface area contributed by atoms with Crippen LogP contribution in [0.25, 0.3) is 28.0 Å². The van der Waals surface area contributed by atoms with Crippen molar-refractivity contribution < 1.29 is 22.0 Å². The maximum atomic E-state index is 15.9. The molecule has 44 heavy (non-hydrogen) atoms. The largest absolute Gasteiger partial charge is 0.355 e. The normalized spacial score (nSPS) is 15.7. The van der Waals surface area contributed by atoms with Crippen LogP contribution in [0.5, 0.6) is 0 Å².